The SMILES string of the molecule is OC(Cc1ccccc1)c1nccs1. The standard InChI is InChI=1S/C11H11NOS/c13-10(11-12-6-7-14-11)8-9-4-2-1-3-5-9/h1-7,10,13H,8H2. The van der Waals surface area contributed by atoms with Crippen molar-refractivity contribution in [2.24, 2.45) is 0 Å². The van der Waals surface area contributed by atoms with Crippen molar-refractivity contribution in [3.05, 3.63) is 52.5 Å². The molecule has 72 valence electrons. The van der Waals surface area contributed by atoms with E-state index < -0.39 is 6.10 Å². The lowest BCUT2D eigenvalue weighted by Crippen LogP contribution is -2.00. The van der Waals surface area contributed by atoms with Crippen LogP contribution in [0.5, 0.6) is 0 Å². The zero-order valence-electron chi connectivity index (χ0n) is 7.63. The summed E-state index contributed by atoms with van der Waals surface area (Å²) in [5, 5.41) is 12.5. The minimum atomic E-state index is -0.475. The van der Waals surface area contributed by atoms with Crippen LogP contribution >= 0.6 is 11.3 Å². The fourth-order valence-electron chi connectivity index (χ4n) is 1.32. The van der Waals surface area contributed by atoms with E-state index >= 15 is 0 Å². The van der Waals surface area contributed by atoms with Gasteiger partial charge in [0.25, 0.3) is 0 Å². The van der Waals surface area contributed by atoms with Crippen LogP contribution in [0.1, 0.15) is 16.7 Å². The van der Waals surface area contributed by atoms with Gasteiger partial charge in [-0.15, -0.1) is 11.3 Å². The van der Waals surface area contributed by atoms with E-state index in [2.05, 4.69) is 4.98 Å². The molecule has 2 rings (SSSR count). The Kier molecular flexibility index (Phi) is 2.91. The molecule has 0 spiro atoms. The summed E-state index contributed by atoms with van der Waals surface area (Å²) in [6.07, 6.45) is 1.88. The molecule has 1 unspecified atom stereocenters. The molecule has 0 fully saturated rings. The maximum atomic E-state index is 9.81. The maximum Gasteiger partial charge on any atom is 0.121 e. The largest absolute Gasteiger partial charge is 0.386 e. The summed E-state index contributed by atoms with van der Waals surface area (Å²) in [6.45, 7) is 0. The van der Waals surface area contributed by atoms with Crippen LogP contribution in [0, 0.1) is 0 Å². The Bertz CT molecular complexity index is 371. The maximum absolute atomic E-state index is 9.81. The van der Waals surface area contributed by atoms with Gasteiger partial charge in [-0.3, -0.25) is 0 Å². The van der Waals surface area contributed by atoms with Gasteiger partial charge < -0.3 is 5.11 Å². The zero-order chi connectivity index (χ0) is 9.80. The molecule has 1 aromatic carbocycles. The molecule has 14 heavy (non-hydrogen) atoms. The second-order valence-electron chi connectivity index (χ2n) is 3.08. The fourth-order valence-corrected chi connectivity index (χ4v) is 1.95. The quantitative estimate of drug-likeness (QED) is 0.834. The van der Waals surface area contributed by atoms with E-state index in [1.807, 2.05) is 35.7 Å². The Labute approximate surface area is 86.9 Å². The zero-order valence-corrected chi connectivity index (χ0v) is 8.45. The molecule has 1 heterocycles. The highest BCUT2D eigenvalue weighted by Gasteiger charge is 2.10. The monoisotopic (exact) mass is 205 g/mol. The van der Waals surface area contributed by atoms with E-state index in [-0.39, 0.29) is 0 Å². The Morgan fingerprint density at radius 1 is 1.29 bits per heavy atom. The minimum absolute atomic E-state index is 0.475. The number of aliphatic hydroxyl groups excluding tert-OH is 1. The van der Waals surface area contributed by atoms with Crippen molar-refractivity contribution in [3.8, 4) is 0 Å². The lowest BCUT2D eigenvalue weighted by Gasteiger charge is -2.06. The number of thiazole rings is 1. The molecule has 2 nitrogen and oxygen atoms in total. The average molecular weight is 205 g/mol. The van der Waals surface area contributed by atoms with Gasteiger partial charge in [-0.05, 0) is 5.56 Å². The van der Waals surface area contributed by atoms with Crippen LogP contribution in [0.4, 0.5) is 0 Å². The Morgan fingerprint density at radius 3 is 2.71 bits per heavy atom. The lowest BCUT2D eigenvalue weighted by molar-refractivity contribution is 0.178. The number of aliphatic hydroxyl groups is 1. The van der Waals surface area contributed by atoms with Gasteiger partial charge >= 0.3 is 0 Å². The number of rotatable bonds is 3. The van der Waals surface area contributed by atoms with Crippen LogP contribution < -0.4 is 0 Å². The van der Waals surface area contributed by atoms with Gasteiger partial charge in [-0.1, -0.05) is 30.3 Å². The van der Waals surface area contributed by atoms with Crippen LogP contribution in [0.2, 0.25) is 0 Å². The minimum Gasteiger partial charge on any atom is -0.386 e. The van der Waals surface area contributed by atoms with E-state index in [4.69, 9.17) is 0 Å². The van der Waals surface area contributed by atoms with Crippen molar-refractivity contribution < 1.29 is 5.11 Å². The van der Waals surface area contributed by atoms with Crippen molar-refractivity contribution in [2.45, 2.75) is 12.5 Å². The molecule has 1 atom stereocenters. The Balaban J connectivity index is 2.06. The van der Waals surface area contributed by atoms with Gasteiger partial charge in [-0.25, -0.2) is 4.98 Å². The van der Waals surface area contributed by atoms with Gasteiger partial charge in [0, 0.05) is 18.0 Å². The molecule has 0 amide bonds. The summed E-state index contributed by atoms with van der Waals surface area (Å²) in [5.74, 6) is 0. The molecule has 0 aliphatic heterocycles. The third kappa shape index (κ3) is 2.19. The first kappa shape index (κ1) is 9.37. The van der Waals surface area contributed by atoms with Crippen LogP contribution in [0.25, 0.3) is 0 Å². The molecule has 0 radical (unpaired) electrons. The first-order valence-corrected chi connectivity index (χ1v) is 5.35. The van der Waals surface area contributed by atoms with Crippen LogP contribution in [0.3, 0.4) is 0 Å². The topological polar surface area (TPSA) is 33.1 Å². The second kappa shape index (κ2) is 4.35. The number of aromatic nitrogens is 1. The number of benzene rings is 1. The van der Waals surface area contributed by atoms with E-state index in [9.17, 15) is 5.11 Å². The Hall–Kier alpha value is -1.19. The molecule has 1 aromatic heterocycles. The molecule has 0 bridgehead atoms. The van der Waals surface area contributed by atoms with Gasteiger partial charge in [0.05, 0.1) is 0 Å². The third-order valence-corrected chi connectivity index (χ3v) is 2.89. The molecular weight excluding hydrogens is 194 g/mol. The highest BCUT2D eigenvalue weighted by atomic mass is 32.1. The van der Waals surface area contributed by atoms with Gasteiger partial charge in [-0.2, -0.15) is 0 Å². The smallest absolute Gasteiger partial charge is 0.121 e. The van der Waals surface area contributed by atoms with E-state index in [1.165, 1.54) is 11.3 Å². The van der Waals surface area contributed by atoms with Gasteiger partial charge in [0.15, 0.2) is 0 Å². The number of nitrogens with zero attached hydrogens (tertiary/aromatic N) is 1. The Morgan fingerprint density at radius 2 is 2.07 bits per heavy atom. The normalized spacial score (nSPS) is 12.6. The van der Waals surface area contributed by atoms with E-state index in [1.54, 1.807) is 6.20 Å². The van der Waals surface area contributed by atoms with Crippen molar-refractivity contribution in [1.82, 2.24) is 4.98 Å². The molecule has 3 heteroatoms. The first-order valence-electron chi connectivity index (χ1n) is 4.47. The number of hydrogen-bond acceptors (Lipinski definition) is 3. The molecule has 1 N–H and O–H groups in total. The van der Waals surface area contributed by atoms with E-state index in [0.717, 1.165) is 10.6 Å². The van der Waals surface area contributed by atoms with Crippen molar-refractivity contribution in [1.29, 1.82) is 0 Å². The van der Waals surface area contributed by atoms with Crippen molar-refractivity contribution >= 4 is 11.3 Å². The summed E-state index contributed by atoms with van der Waals surface area (Å²) < 4.78 is 0. The third-order valence-electron chi connectivity index (χ3n) is 2.01. The van der Waals surface area contributed by atoms with Crippen molar-refractivity contribution in [2.75, 3.05) is 0 Å². The van der Waals surface area contributed by atoms with E-state index in [0.29, 0.717) is 6.42 Å². The molecule has 0 saturated heterocycles. The van der Waals surface area contributed by atoms with Crippen LogP contribution in [0.15, 0.2) is 41.9 Å². The lowest BCUT2D eigenvalue weighted by atomic mass is 10.1. The summed E-state index contributed by atoms with van der Waals surface area (Å²) in [7, 11) is 0. The average Bonchev–Trinajstić information content (AvgIpc) is 2.72. The van der Waals surface area contributed by atoms with Gasteiger partial charge in [0.1, 0.15) is 11.1 Å². The number of hydrogen-bond donors (Lipinski definition) is 1. The first-order chi connectivity index (χ1) is 6.86. The predicted octanol–water partition coefficient (Wildman–Crippen LogP) is 2.42. The summed E-state index contributed by atoms with van der Waals surface area (Å²) in [6, 6.07) is 9.95. The second-order valence-corrected chi connectivity index (χ2v) is 4.00. The summed E-state index contributed by atoms with van der Waals surface area (Å²) in [5.41, 5.74) is 1.13. The molecule has 0 saturated carbocycles. The fraction of sp³-hybridized carbons (Fsp3) is 0.182. The molecular formula is C11H11NOS. The predicted molar refractivity (Wildman–Crippen MR) is 57.2 cm³/mol. The van der Waals surface area contributed by atoms with Crippen molar-refractivity contribution in [3.63, 3.8) is 0 Å². The molecule has 2 aromatic rings. The van der Waals surface area contributed by atoms with Gasteiger partial charge in [0.2, 0.25) is 0 Å². The highest BCUT2D eigenvalue weighted by molar-refractivity contribution is 7.09. The summed E-state index contributed by atoms with van der Waals surface area (Å²) in [4.78, 5) is 4.08. The highest BCUT2D eigenvalue weighted by Crippen LogP contribution is 2.19. The van der Waals surface area contributed by atoms with Crippen LogP contribution in [-0.4, -0.2) is 10.1 Å². The summed E-state index contributed by atoms with van der Waals surface area (Å²) >= 11 is 1.49. The molecule has 0 aliphatic rings. The molecule has 0 aliphatic carbocycles. The van der Waals surface area contributed by atoms with Crippen LogP contribution in [-0.2, 0) is 6.42 Å².